The van der Waals surface area contributed by atoms with E-state index in [9.17, 15) is 4.39 Å². The number of aryl methyl sites for hydroxylation is 1. The third-order valence-electron chi connectivity index (χ3n) is 3.23. The fourth-order valence-corrected chi connectivity index (χ4v) is 3.21. The van der Waals surface area contributed by atoms with E-state index in [-0.39, 0.29) is 11.7 Å². The third-order valence-corrected chi connectivity index (χ3v) is 4.75. The molecule has 3 rings (SSSR count). The standard InChI is InChI=1S/C15H10Br2ClFN2/c1-8-2-3-9(16)13(4-8)21-14-5-10(17)11(19)6-12(14)20-15(21)7-18/h2-6H,7H2,1H3. The van der Waals surface area contributed by atoms with Gasteiger partial charge in [-0.15, -0.1) is 11.6 Å². The molecule has 0 fully saturated rings. The van der Waals surface area contributed by atoms with Crippen LogP contribution in [0.2, 0.25) is 0 Å². The van der Waals surface area contributed by atoms with Crippen LogP contribution in [0.25, 0.3) is 16.7 Å². The topological polar surface area (TPSA) is 17.8 Å². The monoisotopic (exact) mass is 430 g/mol. The van der Waals surface area contributed by atoms with E-state index in [0.29, 0.717) is 15.8 Å². The summed E-state index contributed by atoms with van der Waals surface area (Å²) in [6, 6.07) is 9.17. The number of hydrogen-bond donors (Lipinski definition) is 0. The highest BCUT2D eigenvalue weighted by Gasteiger charge is 2.16. The fraction of sp³-hybridized carbons (Fsp3) is 0.133. The molecule has 6 heteroatoms. The molecular formula is C15H10Br2ClFN2. The Kier molecular flexibility index (Phi) is 4.08. The second-order valence-electron chi connectivity index (χ2n) is 4.71. The van der Waals surface area contributed by atoms with E-state index in [2.05, 4.69) is 36.8 Å². The molecule has 0 spiro atoms. The van der Waals surface area contributed by atoms with Crippen LogP contribution in [-0.2, 0) is 5.88 Å². The lowest BCUT2D eigenvalue weighted by atomic mass is 10.2. The quantitative estimate of drug-likeness (QED) is 0.473. The lowest BCUT2D eigenvalue weighted by Crippen LogP contribution is -2.01. The van der Waals surface area contributed by atoms with Crippen LogP contribution in [0.3, 0.4) is 0 Å². The molecule has 0 aliphatic rings. The minimum atomic E-state index is -0.336. The van der Waals surface area contributed by atoms with Crippen LogP contribution in [0.15, 0.2) is 39.3 Å². The van der Waals surface area contributed by atoms with Gasteiger partial charge in [-0.3, -0.25) is 4.57 Å². The first kappa shape index (κ1) is 15.0. The molecule has 0 radical (unpaired) electrons. The molecule has 0 saturated carbocycles. The molecule has 108 valence electrons. The molecule has 1 aromatic heterocycles. The molecule has 3 aromatic rings. The number of nitrogens with zero attached hydrogens (tertiary/aromatic N) is 2. The molecule has 0 aliphatic carbocycles. The maximum Gasteiger partial charge on any atom is 0.139 e. The van der Waals surface area contributed by atoms with Gasteiger partial charge in [-0.2, -0.15) is 0 Å². The Bertz CT molecular complexity index is 845. The van der Waals surface area contributed by atoms with Crippen molar-refractivity contribution < 1.29 is 4.39 Å². The SMILES string of the molecule is Cc1ccc(Br)c(-n2c(CCl)nc3cc(F)c(Br)cc32)c1. The van der Waals surface area contributed by atoms with E-state index in [1.807, 2.05) is 29.7 Å². The Morgan fingerprint density at radius 2 is 1.95 bits per heavy atom. The Hall–Kier alpha value is -0.910. The highest BCUT2D eigenvalue weighted by molar-refractivity contribution is 9.10. The van der Waals surface area contributed by atoms with Crippen LogP contribution in [0.4, 0.5) is 4.39 Å². The molecule has 0 atom stereocenters. The Balaban J connectivity index is 2.40. The maximum atomic E-state index is 13.7. The summed E-state index contributed by atoms with van der Waals surface area (Å²) in [6.07, 6.45) is 0. The second kappa shape index (κ2) is 5.71. The van der Waals surface area contributed by atoms with Crippen molar-refractivity contribution in [1.29, 1.82) is 0 Å². The van der Waals surface area contributed by atoms with Crippen LogP contribution in [-0.4, -0.2) is 9.55 Å². The molecule has 1 heterocycles. The molecule has 0 unspecified atom stereocenters. The first-order chi connectivity index (χ1) is 10.0. The summed E-state index contributed by atoms with van der Waals surface area (Å²) in [5.74, 6) is 0.584. The number of halogens is 4. The predicted molar refractivity (Wildman–Crippen MR) is 90.7 cm³/mol. The lowest BCUT2D eigenvalue weighted by Gasteiger charge is -2.11. The van der Waals surface area contributed by atoms with E-state index in [1.165, 1.54) is 6.07 Å². The van der Waals surface area contributed by atoms with Gasteiger partial charge in [0.25, 0.3) is 0 Å². The van der Waals surface area contributed by atoms with Gasteiger partial charge >= 0.3 is 0 Å². The molecular weight excluding hydrogens is 422 g/mol. The molecule has 0 saturated heterocycles. The average Bonchev–Trinajstić information content (AvgIpc) is 2.79. The number of rotatable bonds is 2. The Labute approximate surface area is 143 Å². The maximum absolute atomic E-state index is 13.7. The van der Waals surface area contributed by atoms with Gasteiger partial charge in [-0.25, -0.2) is 9.37 Å². The molecule has 2 nitrogen and oxygen atoms in total. The smallest absolute Gasteiger partial charge is 0.139 e. The summed E-state index contributed by atoms with van der Waals surface area (Å²) in [4.78, 5) is 4.43. The Morgan fingerprint density at radius 1 is 1.19 bits per heavy atom. The summed E-state index contributed by atoms with van der Waals surface area (Å²) in [7, 11) is 0. The van der Waals surface area contributed by atoms with Crippen molar-refractivity contribution in [1.82, 2.24) is 9.55 Å². The zero-order valence-corrected chi connectivity index (χ0v) is 14.9. The van der Waals surface area contributed by atoms with Gasteiger partial charge in [0.1, 0.15) is 11.6 Å². The summed E-state index contributed by atoms with van der Waals surface area (Å²) < 4.78 is 17.0. The summed E-state index contributed by atoms with van der Waals surface area (Å²) in [5.41, 5.74) is 3.45. The van der Waals surface area contributed by atoms with Crippen molar-refractivity contribution in [3.63, 3.8) is 0 Å². The zero-order valence-electron chi connectivity index (χ0n) is 11.0. The van der Waals surface area contributed by atoms with Crippen molar-refractivity contribution in [2.45, 2.75) is 12.8 Å². The molecule has 0 aliphatic heterocycles. The van der Waals surface area contributed by atoms with E-state index >= 15 is 0 Å². The van der Waals surface area contributed by atoms with E-state index in [1.54, 1.807) is 6.07 Å². The summed E-state index contributed by atoms with van der Waals surface area (Å²) in [6.45, 7) is 2.02. The van der Waals surface area contributed by atoms with Crippen molar-refractivity contribution in [2.24, 2.45) is 0 Å². The van der Waals surface area contributed by atoms with Gasteiger partial charge in [0.2, 0.25) is 0 Å². The van der Waals surface area contributed by atoms with E-state index < -0.39 is 0 Å². The van der Waals surface area contributed by atoms with Gasteiger partial charge < -0.3 is 0 Å². The average molecular weight is 433 g/mol. The van der Waals surface area contributed by atoms with Crippen LogP contribution >= 0.6 is 43.5 Å². The largest absolute Gasteiger partial charge is 0.294 e. The number of alkyl halides is 1. The molecule has 0 N–H and O–H groups in total. The highest BCUT2D eigenvalue weighted by atomic mass is 79.9. The third kappa shape index (κ3) is 2.62. The lowest BCUT2D eigenvalue weighted by molar-refractivity contribution is 0.623. The van der Waals surface area contributed by atoms with Crippen LogP contribution in [0.1, 0.15) is 11.4 Å². The fourth-order valence-electron chi connectivity index (χ4n) is 2.28. The minimum absolute atomic E-state index is 0.244. The first-order valence-corrected chi connectivity index (χ1v) is 8.32. The van der Waals surface area contributed by atoms with Crippen LogP contribution < -0.4 is 0 Å². The minimum Gasteiger partial charge on any atom is -0.294 e. The summed E-state index contributed by atoms with van der Waals surface area (Å²) >= 11 is 12.8. The normalized spacial score (nSPS) is 11.3. The second-order valence-corrected chi connectivity index (χ2v) is 6.68. The van der Waals surface area contributed by atoms with Gasteiger partial charge in [0.05, 0.1) is 27.1 Å². The molecule has 2 aromatic carbocycles. The van der Waals surface area contributed by atoms with Crippen LogP contribution in [0, 0.1) is 12.7 Å². The van der Waals surface area contributed by atoms with E-state index in [4.69, 9.17) is 11.6 Å². The number of imidazole rings is 1. The van der Waals surface area contributed by atoms with Crippen LogP contribution in [0.5, 0.6) is 0 Å². The van der Waals surface area contributed by atoms with E-state index in [0.717, 1.165) is 21.2 Å². The molecule has 0 bridgehead atoms. The van der Waals surface area contributed by atoms with Gasteiger partial charge in [0, 0.05) is 10.5 Å². The van der Waals surface area contributed by atoms with Gasteiger partial charge in [-0.05, 0) is 62.5 Å². The van der Waals surface area contributed by atoms with Gasteiger partial charge in [0.15, 0.2) is 0 Å². The van der Waals surface area contributed by atoms with Crippen molar-refractivity contribution >= 4 is 54.5 Å². The highest BCUT2D eigenvalue weighted by Crippen LogP contribution is 2.31. The predicted octanol–water partition coefficient (Wildman–Crippen LogP) is 5.74. The molecule has 0 amide bonds. The number of hydrogen-bond acceptors (Lipinski definition) is 1. The summed E-state index contributed by atoms with van der Waals surface area (Å²) in [5, 5.41) is 0. The van der Waals surface area contributed by atoms with Crippen molar-refractivity contribution in [3.05, 3.63) is 56.5 Å². The molecule has 21 heavy (non-hydrogen) atoms. The van der Waals surface area contributed by atoms with Crippen molar-refractivity contribution in [3.8, 4) is 5.69 Å². The van der Waals surface area contributed by atoms with Gasteiger partial charge in [-0.1, -0.05) is 6.07 Å². The van der Waals surface area contributed by atoms with Crippen molar-refractivity contribution in [2.75, 3.05) is 0 Å². The number of benzene rings is 2. The number of fused-ring (bicyclic) bond motifs is 1. The zero-order chi connectivity index (χ0) is 15.1. The first-order valence-electron chi connectivity index (χ1n) is 6.20. The number of aromatic nitrogens is 2. The Morgan fingerprint density at radius 3 is 2.67 bits per heavy atom.